The summed E-state index contributed by atoms with van der Waals surface area (Å²) in [5, 5.41) is 1.50. The summed E-state index contributed by atoms with van der Waals surface area (Å²) in [6.07, 6.45) is 1.35. The van der Waals surface area contributed by atoms with Crippen molar-refractivity contribution < 1.29 is 16.8 Å². The van der Waals surface area contributed by atoms with Gasteiger partial charge in [-0.3, -0.25) is 4.72 Å². The Labute approximate surface area is 160 Å². The molecule has 0 bridgehead atoms. The van der Waals surface area contributed by atoms with Gasteiger partial charge in [0.25, 0.3) is 0 Å². The highest BCUT2D eigenvalue weighted by Gasteiger charge is 2.20. The summed E-state index contributed by atoms with van der Waals surface area (Å²) in [4.78, 5) is 0.354. The Balaban J connectivity index is 1.92. The first-order valence-electron chi connectivity index (χ1n) is 8.67. The van der Waals surface area contributed by atoms with E-state index < -0.39 is 19.9 Å². The molecule has 142 valence electrons. The second kappa shape index (κ2) is 7.70. The summed E-state index contributed by atoms with van der Waals surface area (Å²) in [5.74, 6) is 0.0412. The third-order valence-electron chi connectivity index (χ3n) is 4.24. The Morgan fingerprint density at radius 2 is 1.48 bits per heavy atom. The monoisotopic (exact) mass is 403 g/mol. The van der Waals surface area contributed by atoms with Crippen molar-refractivity contribution >= 4 is 36.3 Å². The molecule has 27 heavy (non-hydrogen) atoms. The highest BCUT2D eigenvalue weighted by Crippen LogP contribution is 2.29. The minimum atomic E-state index is -3.72. The van der Waals surface area contributed by atoms with Crippen molar-refractivity contribution in [2.75, 3.05) is 10.5 Å². The first kappa shape index (κ1) is 19.4. The van der Waals surface area contributed by atoms with Gasteiger partial charge in [-0.05, 0) is 42.1 Å². The lowest BCUT2D eigenvalue weighted by Gasteiger charge is -2.10. The first-order valence-corrected chi connectivity index (χ1v) is 11.8. The van der Waals surface area contributed by atoms with Gasteiger partial charge in [0.2, 0.25) is 19.9 Å². The average molecular weight is 404 g/mol. The molecule has 3 rings (SSSR count). The molecule has 0 aromatic heterocycles. The molecule has 1 N–H and O–H groups in total. The standard InChI is InChI=1S/C20H21NO4S2/c1-2-3-15-26(22,23)21-17-11-13-18(14-12-17)27(24,25)20-10-6-8-16-7-4-5-9-19(16)20/h4-14,21H,2-3,15H2,1H3. The fraction of sp³-hybridized carbons (Fsp3) is 0.200. The number of fused-ring (bicyclic) bond motifs is 1. The molecule has 0 atom stereocenters. The third kappa shape index (κ3) is 4.31. The Kier molecular flexibility index (Phi) is 5.53. The van der Waals surface area contributed by atoms with Crippen molar-refractivity contribution in [1.82, 2.24) is 0 Å². The molecular weight excluding hydrogens is 382 g/mol. The molecule has 0 aliphatic rings. The normalized spacial score (nSPS) is 12.2. The van der Waals surface area contributed by atoms with E-state index in [4.69, 9.17) is 0 Å². The minimum Gasteiger partial charge on any atom is -0.284 e. The van der Waals surface area contributed by atoms with Crippen LogP contribution in [0.15, 0.2) is 76.5 Å². The zero-order chi connectivity index (χ0) is 19.5. The number of nitrogens with one attached hydrogen (secondary N) is 1. The number of unbranched alkanes of at least 4 members (excludes halogenated alkanes) is 1. The Hall–Kier alpha value is -2.38. The smallest absolute Gasteiger partial charge is 0.232 e. The highest BCUT2D eigenvalue weighted by atomic mass is 32.2. The van der Waals surface area contributed by atoms with E-state index in [1.807, 2.05) is 25.1 Å². The lowest BCUT2D eigenvalue weighted by Crippen LogP contribution is -2.16. The minimum absolute atomic E-state index is 0.0412. The number of benzene rings is 3. The van der Waals surface area contributed by atoms with Crippen LogP contribution < -0.4 is 4.72 Å². The van der Waals surface area contributed by atoms with Crippen LogP contribution in [-0.4, -0.2) is 22.6 Å². The Morgan fingerprint density at radius 1 is 0.815 bits per heavy atom. The fourth-order valence-electron chi connectivity index (χ4n) is 2.82. The van der Waals surface area contributed by atoms with E-state index in [9.17, 15) is 16.8 Å². The van der Waals surface area contributed by atoms with Gasteiger partial charge < -0.3 is 0 Å². The molecule has 0 unspecified atom stereocenters. The largest absolute Gasteiger partial charge is 0.284 e. The molecule has 0 amide bonds. The van der Waals surface area contributed by atoms with Gasteiger partial charge in [0, 0.05) is 11.1 Å². The van der Waals surface area contributed by atoms with Gasteiger partial charge >= 0.3 is 0 Å². The Morgan fingerprint density at radius 3 is 2.19 bits per heavy atom. The molecule has 7 heteroatoms. The van der Waals surface area contributed by atoms with Crippen molar-refractivity contribution in [2.45, 2.75) is 29.6 Å². The summed E-state index contributed by atoms with van der Waals surface area (Å²) in [6, 6.07) is 18.3. The summed E-state index contributed by atoms with van der Waals surface area (Å²) in [5.41, 5.74) is 0.350. The number of sulfonamides is 1. The molecule has 0 saturated carbocycles. The maximum atomic E-state index is 13.0. The van der Waals surface area contributed by atoms with Crippen LogP contribution in [0.5, 0.6) is 0 Å². The second-order valence-corrected chi connectivity index (χ2v) is 10.0. The molecule has 0 spiro atoms. The van der Waals surface area contributed by atoms with Gasteiger partial charge in [0.05, 0.1) is 15.5 Å². The van der Waals surface area contributed by atoms with Crippen LogP contribution in [0.1, 0.15) is 19.8 Å². The summed E-state index contributed by atoms with van der Waals surface area (Å²) < 4.78 is 52.5. The van der Waals surface area contributed by atoms with Crippen molar-refractivity contribution in [1.29, 1.82) is 0 Å². The summed E-state index contributed by atoms with van der Waals surface area (Å²) in [7, 11) is -7.14. The van der Waals surface area contributed by atoms with Crippen molar-refractivity contribution in [3.05, 3.63) is 66.7 Å². The second-order valence-electron chi connectivity index (χ2n) is 6.28. The van der Waals surface area contributed by atoms with Crippen LogP contribution in [-0.2, 0) is 19.9 Å². The SMILES string of the molecule is CCCCS(=O)(=O)Nc1ccc(S(=O)(=O)c2cccc3ccccc23)cc1. The van der Waals surface area contributed by atoms with E-state index in [-0.39, 0.29) is 15.5 Å². The zero-order valence-corrected chi connectivity index (χ0v) is 16.6. The quantitative estimate of drug-likeness (QED) is 0.641. The zero-order valence-electron chi connectivity index (χ0n) is 14.9. The molecule has 5 nitrogen and oxygen atoms in total. The Bertz CT molecular complexity index is 1150. The lowest BCUT2D eigenvalue weighted by molar-refractivity contribution is 0.596. The fourth-order valence-corrected chi connectivity index (χ4v) is 5.57. The van der Waals surface area contributed by atoms with Gasteiger partial charge in [0.1, 0.15) is 0 Å². The van der Waals surface area contributed by atoms with Crippen LogP contribution >= 0.6 is 0 Å². The van der Waals surface area contributed by atoms with Crippen LogP contribution in [0.4, 0.5) is 5.69 Å². The third-order valence-corrected chi connectivity index (χ3v) is 7.44. The van der Waals surface area contributed by atoms with Crippen molar-refractivity contribution in [3.63, 3.8) is 0 Å². The maximum Gasteiger partial charge on any atom is 0.232 e. The molecule has 0 heterocycles. The van der Waals surface area contributed by atoms with E-state index in [1.54, 1.807) is 24.3 Å². The van der Waals surface area contributed by atoms with Crippen molar-refractivity contribution in [2.24, 2.45) is 0 Å². The van der Waals surface area contributed by atoms with Gasteiger partial charge in [-0.1, -0.05) is 49.7 Å². The van der Waals surface area contributed by atoms with Crippen LogP contribution in [0, 0.1) is 0 Å². The number of rotatable bonds is 7. The maximum absolute atomic E-state index is 13.0. The van der Waals surface area contributed by atoms with Gasteiger partial charge in [-0.2, -0.15) is 0 Å². The molecule has 3 aromatic carbocycles. The number of anilines is 1. The topological polar surface area (TPSA) is 80.3 Å². The van der Waals surface area contributed by atoms with Crippen LogP contribution in [0.25, 0.3) is 10.8 Å². The molecule has 0 aliphatic carbocycles. The molecule has 0 saturated heterocycles. The molecular formula is C20H21NO4S2. The van der Waals surface area contributed by atoms with Crippen LogP contribution in [0.3, 0.4) is 0 Å². The summed E-state index contributed by atoms with van der Waals surface area (Å²) in [6.45, 7) is 1.92. The lowest BCUT2D eigenvalue weighted by atomic mass is 10.1. The number of hydrogen-bond acceptors (Lipinski definition) is 4. The van der Waals surface area contributed by atoms with Gasteiger partial charge in [-0.15, -0.1) is 0 Å². The predicted molar refractivity (Wildman–Crippen MR) is 108 cm³/mol. The molecule has 0 fully saturated rings. The van der Waals surface area contributed by atoms with E-state index in [2.05, 4.69) is 4.72 Å². The highest BCUT2D eigenvalue weighted by molar-refractivity contribution is 7.92. The molecule has 0 radical (unpaired) electrons. The van der Waals surface area contributed by atoms with Gasteiger partial charge in [0.15, 0.2) is 0 Å². The number of sulfone groups is 1. The summed E-state index contributed by atoms with van der Waals surface area (Å²) >= 11 is 0. The van der Waals surface area contributed by atoms with Crippen LogP contribution in [0.2, 0.25) is 0 Å². The van der Waals surface area contributed by atoms with E-state index in [1.165, 1.54) is 24.3 Å². The molecule has 0 aliphatic heterocycles. The number of hydrogen-bond donors (Lipinski definition) is 1. The average Bonchev–Trinajstić information content (AvgIpc) is 2.66. The molecule has 3 aromatic rings. The first-order chi connectivity index (χ1) is 12.8. The van der Waals surface area contributed by atoms with E-state index in [0.717, 1.165) is 11.8 Å². The van der Waals surface area contributed by atoms with Gasteiger partial charge in [-0.25, -0.2) is 16.8 Å². The van der Waals surface area contributed by atoms with E-state index >= 15 is 0 Å². The van der Waals surface area contributed by atoms with Crippen molar-refractivity contribution in [3.8, 4) is 0 Å². The van der Waals surface area contributed by atoms with E-state index in [0.29, 0.717) is 17.5 Å². The predicted octanol–water partition coefficient (Wildman–Crippen LogP) is 4.21.